The Labute approximate surface area is 197 Å². The third kappa shape index (κ3) is 3.34. The summed E-state index contributed by atoms with van der Waals surface area (Å²) in [6.07, 6.45) is 0. The van der Waals surface area contributed by atoms with Gasteiger partial charge in [0.05, 0.1) is 45.7 Å². The van der Waals surface area contributed by atoms with Gasteiger partial charge < -0.3 is 39.1 Å². The Kier molecular flexibility index (Phi) is 5.55. The maximum atomic E-state index is 13.0. The predicted molar refractivity (Wildman–Crippen MR) is 123 cm³/mol. The zero-order valence-electron chi connectivity index (χ0n) is 19.6. The first-order valence-electron chi connectivity index (χ1n) is 11.0. The summed E-state index contributed by atoms with van der Waals surface area (Å²) in [4.78, 5) is 13.0. The Morgan fingerprint density at radius 1 is 0.971 bits per heavy atom. The molecule has 2 heterocycles. The largest absolute Gasteiger partial charge is 0.493 e. The van der Waals surface area contributed by atoms with E-state index in [4.69, 9.17) is 28.4 Å². The number of hydrogen-bond donors (Lipinski definition) is 2. The van der Waals surface area contributed by atoms with Crippen LogP contribution in [-0.2, 0) is 9.53 Å². The maximum Gasteiger partial charge on any atom is 0.311 e. The Morgan fingerprint density at radius 2 is 1.62 bits per heavy atom. The van der Waals surface area contributed by atoms with Crippen LogP contribution in [-0.4, -0.2) is 47.7 Å². The molecule has 2 aromatic carbocycles. The number of esters is 1. The van der Waals surface area contributed by atoms with Crippen molar-refractivity contribution in [2.24, 2.45) is 11.8 Å². The molecule has 5 rings (SSSR count). The highest BCUT2D eigenvalue weighted by Crippen LogP contribution is 2.55. The molecule has 180 valence electrons. The van der Waals surface area contributed by atoms with Crippen molar-refractivity contribution < 1.29 is 33.2 Å². The number of rotatable bonds is 7. The highest BCUT2D eigenvalue weighted by molar-refractivity contribution is 5.78. The normalized spacial score (nSPS) is 23.9. The van der Waals surface area contributed by atoms with Crippen LogP contribution >= 0.6 is 0 Å². The predicted octanol–water partition coefficient (Wildman–Crippen LogP) is 2.70. The summed E-state index contributed by atoms with van der Waals surface area (Å²) in [6.45, 7) is 4.47. The number of carbonyl (C=O) groups is 1. The summed E-state index contributed by atoms with van der Waals surface area (Å²) in [6, 6.07) is 7.47. The number of benzene rings is 2. The van der Waals surface area contributed by atoms with E-state index in [0.29, 0.717) is 41.2 Å². The minimum Gasteiger partial charge on any atom is -0.493 e. The molecular weight excluding hydrogens is 440 g/mol. The van der Waals surface area contributed by atoms with Crippen molar-refractivity contribution in [2.75, 3.05) is 41.8 Å². The quantitative estimate of drug-likeness (QED) is 0.595. The smallest absolute Gasteiger partial charge is 0.311 e. The Hall–Kier alpha value is -3.75. The summed E-state index contributed by atoms with van der Waals surface area (Å²) < 4.78 is 33.7. The van der Waals surface area contributed by atoms with Gasteiger partial charge in [0.25, 0.3) is 0 Å². The first kappa shape index (κ1) is 22.1. The van der Waals surface area contributed by atoms with E-state index >= 15 is 0 Å². The monoisotopic (exact) mass is 468 g/mol. The van der Waals surface area contributed by atoms with E-state index in [1.807, 2.05) is 24.3 Å². The van der Waals surface area contributed by atoms with Crippen LogP contribution in [0.2, 0.25) is 0 Å². The van der Waals surface area contributed by atoms with Crippen LogP contribution in [0.1, 0.15) is 28.7 Å². The molecule has 0 saturated carbocycles. The lowest BCUT2D eigenvalue weighted by Crippen LogP contribution is -2.42. The molecule has 1 fully saturated rings. The summed E-state index contributed by atoms with van der Waals surface area (Å²) in [5, 5.41) is 6.40. The van der Waals surface area contributed by atoms with Gasteiger partial charge in [-0.25, -0.2) is 0 Å². The van der Waals surface area contributed by atoms with E-state index in [9.17, 15) is 4.79 Å². The van der Waals surface area contributed by atoms with Gasteiger partial charge in [0.15, 0.2) is 23.0 Å². The van der Waals surface area contributed by atoms with E-state index < -0.39 is 5.92 Å². The zero-order chi connectivity index (χ0) is 24.0. The number of nitrogens with one attached hydrogen (secondary N) is 2. The van der Waals surface area contributed by atoms with Crippen LogP contribution in [0.5, 0.6) is 28.7 Å². The Bertz CT molecular complexity index is 1120. The lowest BCUT2D eigenvalue weighted by molar-refractivity contribution is -0.142. The Balaban J connectivity index is 1.73. The van der Waals surface area contributed by atoms with Crippen molar-refractivity contribution in [1.29, 1.82) is 0 Å². The molecule has 0 amide bonds. The van der Waals surface area contributed by atoms with E-state index in [1.165, 1.54) is 0 Å². The molecule has 3 aliphatic rings. The molecule has 0 spiro atoms. The molecule has 9 nitrogen and oxygen atoms in total. The fraction of sp³-hybridized carbons (Fsp3) is 0.400. The fourth-order valence-electron chi connectivity index (χ4n) is 5.31. The highest BCUT2D eigenvalue weighted by Gasteiger charge is 2.52. The first-order valence-corrected chi connectivity index (χ1v) is 11.0. The second-order valence-electron chi connectivity index (χ2n) is 8.44. The average Bonchev–Trinajstić information content (AvgIpc) is 3.47. The van der Waals surface area contributed by atoms with E-state index in [0.717, 1.165) is 16.7 Å². The molecule has 1 aliphatic carbocycles. The molecule has 0 bridgehead atoms. The van der Waals surface area contributed by atoms with Gasteiger partial charge in [-0.15, -0.1) is 0 Å². The summed E-state index contributed by atoms with van der Waals surface area (Å²) in [5.41, 5.74) is 2.87. The molecule has 2 aliphatic heterocycles. The summed E-state index contributed by atoms with van der Waals surface area (Å²) >= 11 is 0. The lowest BCUT2D eigenvalue weighted by Gasteiger charge is -2.40. The minimum atomic E-state index is -0.429. The topological polar surface area (TPSA) is 96.5 Å². The molecule has 0 aromatic heterocycles. The van der Waals surface area contributed by atoms with Crippen molar-refractivity contribution in [2.45, 2.75) is 12.0 Å². The zero-order valence-corrected chi connectivity index (χ0v) is 19.6. The second kappa shape index (κ2) is 8.55. The number of carbonyl (C=O) groups excluding carboxylic acids is 1. The number of hydrogen-bond acceptors (Lipinski definition) is 9. The van der Waals surface area contributed by atoms with Crippen molar-refractivity contribution in [1.82, 2.24) is 10.6 Å². The van der Waals surface area contributed by atoms with E-state index in [2.05, 4.69) is 17.2 Å². The second-order valence-corrected chi connectivity index (χ2v) is 8.44. The van der Waals surface area contributed by atoms with Crippen molar-refractivity contribution in [3.63, 3.8) is 0 Å². The van der Waals surface area contributed by atoms with Gasteiger partial charge in [0, 0.05) is 18.9 Å². The van der Waals surface area contributed by atoms with Gasteiger partial charge >= 0.3 is 5.97 Å². The number of cyclic esters (lactones) is 1. The lowest BCUT2D eigenvalue weighted by atomic mass is 9.65. The van der Waals surface area contributed by atoms with Crippen LogP contribution in [0.25, 0.3) is 0 Å². The van der Waals surface area contributed by atoms with E-state index in [1.54, 1.807) is 28.4 Å². The van der Waals surface area contributed by atoms with Crippen LogP contribution < -0.4 is 34.3 Å². The SMILES string of the molecule is C=C(NC)NC1c2cc3c(cc2C(c2cc(OC)c(OC)c(OC)c2)C2COC(=O)C12)OCO3. The van der Waals surface area contributed by atoms with Crippen LogP contribution in [0.15, 0.2) is 36.7 Å². The van der Waals surface area contributed by atoms with Gasteiger partial charge in [0.2, 0.25) is 12.5 Å². The van der Waals surface area contributed by atoms with Crippen molar-refractivity contribution in [3.05, 3.63) is 53.4 Å². The molecule has 4 unspecified atom stereocenters. The first-order chi connectivity index (χ1) is 16.5. The third-order valence-corrected chi connectivity index (χ3v) is 6.86. The number of methoxy groups -OCH3 is 3. The third-order valence-electron chi connectivity index (χ3n) is 6.86. The summed E-state index contributed by atoms with van der Waals surface area (Å²) in [5.74, 6) is 2.54. The molecular formula is C25H28N2O7. The molecule has 34 heavy (non-hydrogen) atoms. The molecule has 0 radical (unpaired) electrons. The molecule has 9 heteroatoms. The number of fused-ring (bicyclic) bond motifs is 3. The van der Waals surface area contributed by atoms with Gasteiger partial charge in [-0.3, -0.25) is 4.79 Å². The van der Waals surface area contributed by atoms with Gasteiger partial charge in [-0.2, -0.15) is 0 Å². The van der Waals surface area contributed by atoms with E-state index in [-0.39, 0.29) is 30.6 Å². The van der Waals surface area contributed by atoms with Crippen molar-refractivity contribution >= 4 is 5.97 Å². The number of ether oxygens (including phenoxy) is 6. The molecule has 1 saturated heterocycles. The van der Waals surface area contributed by atoms with Crippen molar-refractivity contribution in [3.8, 4) is 28.7 Å². The van der Waals surface area contributed by atoms with Crippen LogP contribution in [0, 0.1) is 11.8 Å². The van der Waals surface area contributed by atoms with Gasteiger partial charge in [-0.1, -0.05) is 6.58 Å². The van der Waals surface area contributed by atoms with Crippen LogP contribution in [0.4, 0.5) is 0 Å². The summed E-state index contributed by atoms with van der Waals surface area (Å²) in [7, 11) is 6.52. The fourth-order valence-corrected chi connectivity index (χ4v) is 5.31. The standard InChI is InChI=1S/C25H28N2O7/c1-12(26-2)27-23-15-9-18-17(33-11-34-18)8-14(15)21(16-10-32-25(28)22(16)23)13-6-19(29-3)24(31-5)20(7-13)30-4/h6-9,16,21-23,26-27H,1,10-11H2,2-5H3. The maximum absolute atomic E-state index is 13.0. The average molecular weight is 469 g/mol. The minimum absolute atomic E-state index is 0.134. The van der Waals surface area contributed by atoms with Gasteiger partial charge in [0.1, 0.15) is 0 Å². The molecule has 4 atom stereocenters. The Morgan fingerprint density at radius 3 is 2.21 bits per heavy atom. The molecule has 2 aromatic rings. The van der Waals surface area contributed by atoms with Gasteiger partial charge in [-0.05, 0) is 41.0 Å². The highest BCUT2D eigenvalue weighted by atomic mass is 16.7. The van der Waals surface area contributed by atoms with Crippen LogP contribution in [0.3, 0.4) is 0 Å². The molecule has 2 N–H and O–H groups in total.